The van der Waals surface area contributed by atoms with E-state index in [1.54, 1.807) is 6.07 Å². The number of benzene rings is 1. The van der Waals surface area contributed by atoms with Crippen LogP contribution in [0.25, 0.3) is 0 Å². The van der Waals surface area contributed by atoms with Gasteiger partial charge in [0.2, 0.25) is 5.91 Å². The summed E-state index contributed by atoms with van der Waals surface area (Å²) in [5, 5.41) is 14.2. The van der Waals surface area contributed by atoms with E-state index < -0.39 is 0 Å². The molecule has 6 nitrogen and oxygen atoms in total. The Balaban J connectivity index is 2.14. The number of ether oxygens (including phenoxy) is 1. The predicted octanol–water partition coefficient (Wildman–Crippen LogP) is 1.38. The fourth-order valence-electron chi connectivity index (χ4n) is 1.65. The van der Waals surface area contributed by atoms with Gasteiger partial charge in [0.15, 0.2) is 6.61 Å². The van der Waals surface area contributed by atoms with Crippen LogP contribution in [-0.4, -0.2) is 30.1 Å². The smallest absolute Gasteiger partial charge is 0.262 e. The molecule has 0 aromatic heterocycles. The van der Waals surface area contributed by atoms with Crippen molar-refractivity contribution in [3.63, 3.8) is 0 Å². The van der Waals surface area contributed by atoms with Gasteiger partial charge in [-0.2, -0.15) is 0 Å². The Bertz CT molecular complexity index is 519. The molecule has 0 spiro atoms. The van der Waals surface area contributed by atoms with Gasteiger partial charge in [0.25, 0.3) is 5.91 Å². The second kappa shape index (κ2) is 5.90. The Hall–Kier alpha value is -1.79. The van der Waals surface area contributed by atoms with Crippen molar-refractivity contribution in [1.29, 1.82) is 0 Å². The van der Waals surface area contributed by atoms with Crippen molar-refractivity contribution < 1.29 is 19.4 Å². The Morgan fingerprint density at radius 1 is 1.53 bits per heavy atom. The molecule has 1 heterocycles. The number of amides is 2. The highest BCUT2D eigenvalue weighted by Crippen LogP contribution is 2.36. The van der Waals surface area contributed by atoms with Gasteiger partial charge in [0, 0.05) is 19.1 Å². The van der Waals surface area contributed by atoms with Gasteiger partial charge < -0.3 is 20.5 Å². The Morgan fingerprint density at radius 3 is 3.05 bits per heavy atom. The lowest BCUT2D eigenvalue weighted by Crippen LogP contribution is -2.25. The summed E-state index contributed by atoms with van der Waals surface area (Å²) in [4.78, 5) is 22.7. The van der Waals surface area contributed by atoms with Crippen LogP contribution >= 0.6 is 11.6 Å². The number of anilines is 2. The van der Waals surface area contributed by atoms with Gasteiger partial charge >= 0.3 is 0 Å². The number of halogens is 1. The second-order valence-corrected chi connectivity index (χ2v) is 4.45. The molecule has 0 aliphatic carbocycles. The van der Waals surface area contributed by atoms with Gasteiger partial charge in [-0.15, -0.1) is 0 Å². The van der Waals surface area contributed by atoms with Gasteiger partial charge in [-0.25, -0.2) is 0 Å². The van der Waals surface area contributed by atoms with E-state index in [1.807, 2.05) is 0 Å². The van der Waals surface area contributed by atoms with Gasteiger partial charge in [0.05, 0.1) is 16.4 Å². The number of nitrogens with one attached hydrogen (secondary N) is 2. The number of hydrogen-bond acceptors (Lipinski definition) is 4. The molecule has 19 heavy (non-hydrogen) atoms. The summed E-state index contributed by atoms with van der Waals surface area (Å²) in [7, 11) is 0. The highest BCUT2D eigenvalue weighted by atomic mass is 35.5. The topological polar surface area (TPSA) is 87.7 Å². The van der Waals surface area contributed by atoms with E-state index in [2.05, 4.69) is 10.6 Å². The highest BCUT2D eigenvalue weighted by Gasteiger charge is 2.18. The summed E-state index contributed by atoms with van der Waals surface area (Å²) in [6, 6.07) is 3.09. The van der Waals surface area contributed by atoms with Crippen molar-refractivity contribution >= 4 is 34.8 Å². The first kappa shape index (κ1) is 13.6. The highest BCUT2D eigenvalue weighted by molar-refractivity contribution is 6.34. The molecule has 2 amide bonds. The molecular weight excluding hydrogens is 272 g/mol. The number of aliphatic hydroxyl groups is 1. The van der Waals surface area contributed by atoms with Crippen molar-refractivity contribution in [2.75, 3.05) is 23.8 Å². The van der Waals surface area contributed by atoms with Crippen LogP contribution in [0.5, 0.6) is 5.75 Å². The molecule has 7 heteroatoms. The monoisotopic (exact) mass is 284 g/mol. The van der Waals surface area contributed by atoms with E-state index in [4.69, 9.17) is 21.4 Å². The van der Waals surface area contributed by atoms with Crippen LogP contribution in [0.4, 0.5) is 11.4 Å². The average molecular weight is 285 g/mol. The first-order valence-electron chi connectivity index (χ1n) is 5.77. The number of fused-ring (bicyclic) bond motifs is 1. The van der Waals surface area contributed by atoms with Crippen molar-refractivity contribution in [3.05, 3.63) is 17.2 Å². The SMILES string of the molecule is O=C(CCCO)Nc1cc2c(cc1Cl)NC(=O)CO2. The van der Waals surface area contributed by atoms with Crippen molar-refractivity contribution in [1.82, 2.24) is 0 Å². The molecule has 1 aromatic carbocycles. The number of carbonyl (C=O) groups is 2. The average Bonchev–Trinajstić information content (AvgIpc) is 2.37. The van der Waals surface area contributed by atoms with E-state index in [0.29, 0.717) is 28.6 Å². The molecule has 0 unspecified atom stereocenters. The number of rotatable bonds is 4. The van der Waals surface area contributed by atoms with E-state index in [1.165, 1.54) is 6.07 Å². The maximum absolute atomic E-state index is 11.6. The third-order valence-corrected chi connectivity index (χ3v) is 2.85. The molecule has 0 radical (unpaired) electrons. The zero-order chi connectivity index (χ0) is 13.8. The van der Waals surface area contributed by atoms with Crippen LogP contribution in [0, 0.1) is 0 Å². The second-order valence-electron chi connectivity index (χ2n) is 4.04. The maximum Gasteiger partial charge on any atom is 0.262 e. The van der Waals surface area contributed by atoms with Crippen LogP contribution in [0.15, 0.2) is 12.1 Å². The number of aliphatic hydroxyl groups excluding tert-OH is 1. The van der Waals surface area contributed by atoms with E-state index in [9.17, 15) is 9.59 Å². The van der Waals surface area contributed by atoms with E-state index >= 15 is 0 Å². The molecular formula is C12H13ClN2O4. The normalized spacial score (nSPS) is 13.3. The summed E-state index contributed by atoms with van der Waals surface area (Å²) >= 11 is 6.02. The molecule has 0 bridgehead atoms. The van der Waals surface area contributed by atoms with E-state index in [-0.39, 0.29) is 31.4 Å². The minimum atomic E-state index is -0.247. The molecule has 1 aliphatic heterocycles. The first-order valence-corrected chi connectivity index (χ1v) is 6.15. The molecule has 0 saturated carbocycles. The fraction of sp³-hybridized carbons (Fsp3) is 0.333. The minimum absolute atomic E-state index is 0.0412. The molecule has 3 N–H and O–H groups in total. The molecule has 1 aromatic rings. The Morgan fingerprint density at radius 2 is 2.32 bits per heavy atom. The zero-order valence-electron chi connectivity index (χ0n) is 10.0. The largest absolute Gasteiger partial charge is 0.482 e. The summed E-state index contributed by atoms with van der Waals surface area (Å²) < 4.78 is 5.23. The minimum Gasteiger partial charge on any atom is -0.482 e. The number of carbonyl (C=O) groups excluding carboxylic acids is 2. The van der Waals surface area contributed by atoms with Crippen LogP contribution in [0.2, 0.25) is 5.02 Å². The molecule has 0 fully saturated rings. The fourth-order valence-corrected chi connectivity index (χ4v) is 1.86. The van der Waals surface area contributed by atoms with Crippen molar-refractivity contribution in [2.24, 2.45) is 0 Å². The van der Waals surface area contributed by atoms with Gasteiger partial charge in [-0.3, -0.25) is 9.59 Å². The van der Waals surface area contributed by atoms with Crippen molar-refractivity contribution in [3.8, 4) is 5.75 Å². The third-order valence-electron chi connectivity index (χ3n) is 2.54. The Labute approximate surface area is 114 Å². The van der Waals surface area contributed by atoms with Crippen LogP contribution < -0.4 is 15.4 Å². The lowest BCUT2D eigenvalue weighted by atomic mass is 10.2. The van der Waals surface area contributed by atoms with Crippen LogP contribution in [0.1, 0.15) is 12.8 Å². The molecule has 0 saturated heterocycles. The standard InChI is InChI=1S/C12H13ClN2O4/c13-7-4-9-10(19-6-12(18)15-9)5-8(7)14-11(17)2-1-3-16/h4-5,16H,1-3,6H2,(H,14,17)(H,15,18). The van der Waals surface area contributed by atoms with Gasteiger partial charge in [-0.05, 0) is 12.5 Å². The molecule has 102 valence electrons. The summed E-state index contributed by atoms with van der Waals surface area (Å²) in [5.41, 5.74) is 0.897. The lowest BCUT2D eigenvalue weighted by Gasteiger charge is -2.19. The molecule has 1 aliphatic rings. The van der Waals surface area contributed by atoms with Crippen molar-refractivity contribution in [2.45, 2.75) is 12.8 Å². The Kier molecular flexibility index (Phi) is 4.24. The van der Waals surface area contributed by atoms with Crippen LogP contribution in [0.3, 0.4) is 0 Å². The summed E-state index contributed by atoms with van der Waals surface area (Å²) in [6.45, 7) is -0.104. The summed E-state index contributed by atoms with van der Waals surface area (Å²) in [5.74, 6) is -0.0273. The third kappa shape index (κ3) is 3.36. The van der Waals surface area contributed by atoms with E-state index in [0.717, 1.165) is 0 Å². The predicted molar refractivity (Wildman–Crippen MR) is 70.5 cm³/mol. The lowest BCUT2D eigenvalue weighted by molar-refractivity contribution is -0.118. The maximum atomic E-state index is 11.6. The number of hydrogen-bond donors (Lipinski definition) is 3. The first-order chi connectivity index (χ1) is 9.10. The zero-order valence-corrected chi connectivity index (χ0v) is 10.8. The van der Waals surface area contributed by atoms with Crippen LogP contribution in [-0.2, 0) is 9.59 Å². The molecule has 0 atom stereocenters. The van der Waals surface area contributed by atoms with Gasteiger partial charge in [0.1, 0.15) is 5.75 Å². The van der Waals surface area contributed by atoms with Gasteiger partial charge in [-0.1, -0.05) is 11.6 Å². The molecule has 2 rings (SSSR count). The quantitative estimate of drug-likeness (QED) is 0.779. The summed E-state index contributed by atoms with van der Waals surface area (Å²) in [6.07, 6.45) is 0.600.